The van der Waals surface area contributed by atoms with Crippen molar-refractivity contribution in [1.82, 2.24) is 14.1 Å². The molecule has 5 nitrogen and oxygen atoms in total. The van der Waals surface area contributed by atoms with Crippen molar-refractivity contribution in [3.63, 3.8) is 0 Å². The molecule has 0 N–H and O–H groups in total. The van der Waals surface area contributed by atoms with E-state index in [2.05, 4.69) is 11.2 Å². The van der Waals surface area contributed by atoms with Crippen LogP contribution in [0.2, 0.25) is 0 Å². The van der Waals surface area contributed by atoms with Crippen molar-refractivity contribution in [3.8, 4) is 0 Å². The summed E-state index contributed by atoms with van der Waals surface area (Å²) in [5, 5.41) is 4.25. The minimum Gasteiger partial charge on any atom is -0.276 e. The van der Waals surface area contributed by atoms with E-state index in [0.717, 1.165) is 11.1 Å². The van der Waals surface area contributed by atoms with Crippen molar-refractivity contribution in [2.45, 2.75) is 26.3 Å². The van der Waals surface area contributed by atoms with Gasteiger partial charge in [-0.3, -0.25) is 4.68 Å². The van der Waals surface area contributed by atoms with Crippen molar-refractivity contribution in [2.24, 2.45) is 13.0 Å². The summed E-state index contributed by atoms with van der Waals surface area (Å²) >= 11 is 0. The Bertz CT molecular complexity index is 796. The van der Waals surface area contributed by atoms with Gasteiger partial charge in [-0.2, -0.15) is 9.40 Å². The molecule has 0 amide bonds. The Morgan fingerprint density at radius 2 is 2.04 bits per heavy atom. The van der Waals surface area contributed by atoms with Gasteiger partial charge in [-0.1, -0.05) is 38.1 Å². The van der Waals surface area contributed by atoms with Crippen molar-refractivity contribution in [2.75, 3.05) is 12.3 Å². The average molecular weight is 333 g/mol. The molecular weight excluding hydrogens is 310 g/mol. The normalized spacial score (nSPS) is 19.0. The minimum absolute atomic E-state index is 0.0376. The van der Waals surface area contributed by atoms with Crippen LogP contribution < -0.4 is 0 Å². The van der Waals surface area contributed by atoms with Gasteiger partial charge in [0.1, 0.15) is 0 Å². The molecule has 0 bridgehead atoms. The van der Waals surface area contributed by atoms with Crippen LogP contribution in [0.1, 0.15) is 36.5 Å². The first-order chi connectivity index (χ1) is 10.9. The fourth-order valence-electron chi connectivity index (χ4n) is 3.22. The van der Waals surface area contributed by atoms with Crippen LogP contribution in [0.4, 0.5) is 0 Å². The summed E-state index contributed by atoms with van der Waals surface area (Å²) in [5.74, 6) is 0.346. The summed E-state index contributed by atoms with van der Waals surface area (Å²) in [7, 11) is -1.37. The van der Waals surface area contributed by atoms with E-state index in [0.29, 0.717) is 13.1 Å². The maximum atomic E-state index is 12.7. The lowest BCUT2D eigenvalue weighted by Gasteiger charge is -2.34. The van der Waals surface area contributed by atoms with E-state index in [1.165, 1.54) is 5.56 Å². The second-order valence-corrected chi connectivity index (χ2v) is 8.68. The number of aromatic nitrogens is 2. The minimum atomic E-state index is -3.25. The molecule has 1 aliphatic heterocycles. The first-order valence-electron chi connectivity index (χ1n) is 7.91. The lowest BCUT2D eigenvalue weighted by atomic mass is 9.87. The highest BCUT2D eigenvalue weighted by Gasteiger charge is 2.33. The molecular formula is C17H23N3O2S. The summed E-state index contributed by atoms with van der Waals surface area (Å²) in [4.78, 5) is 0. The van der Waals surface area contributed by atoms with Crippen molar-refractivity contribution in [1.29, 1.82) is 0 Å². The molecule has 0 fully saturated rings. The largest absolute Gasteiger partial charge is 0.276 e. The lowest BCUT2D eigenvalue weighted by Crippen LogP contribution is -2.40. The number of nitrogens with zero attached hydrogens (tertiary/aromatic N) is 3. The number of hydrogen-bond acceptors (Lipinski definition) is 3. The van der Waals surface area contributed by atoms with Crippen LogP contribution in [0.15, 0.2) is 36.7 Å². The first-order valence-corrected chi connectivity index (χ1v) is 9.52. The zero-order chi connectivity index (χ0) is 16.6. The Kier molecular flexibility index (Phi) is 4.29. The second-order valence-electron chi connectivity index (χ2n) is 6.66. The van der Waals surface area contributed by atoms with Crippen molar-refractivity contribution >= 4 is 10.0 Å². The standard InChI is InChI=1S/C17H23N3O2S/c1-13(2)12-23(21,22)20-10-14-6-4-5-7-16(14)17(11-20)15-8-18-19(3)9-15/h4-9,13,17H,10-12H2,1-3H3. The van der Waals surface area contributed by atoms with Crippen molar-refractivity contribution in [3.05, 3.63) is 53.3 Å². The molecule has 1 aliphatic rings. The van der Waals surface area contributed by atoms with Crippen LogP contribution >= 0.6 is 0 Å². The van der Waals surface area contributed by atoms with Crippen LogP contribution in [0, 0.1) is 5.92 Å². The molecule has 3 rings (SSSR count). The highest BCUT2D eigenvalue weighted by atomic mass is 32.2. The predicted molar refractivity (Wildman–Crippen MR) is 90.5 cm³/mol. The number of aryl methyl sites for hydroxylation is 1. The Hall–Kier alpha value is -1.66. The Balaban J connectivity index is 2.00. The highest BCUT2D eigenvalue weighted by molar-refractivity contribution is 7.89. The molecule has 0 saturated heterocycles. The summed E-state index contributed by atoms with van der Waals surface area (Å²) in [6.07, 6.45) is 3.81. The summed E-state index contributed by atoms with van der Waals surface area (Å²) in [5.41, 5.74) is 3.35. The fourth-order valence-corrected chi connectivity index (χ4v) is 4.98. The number of benzene rings is 1. The SMILES string of the molecule is CC(C)CS(=O)(=O)N1Cc2ccccc2C(c2cnn(C)c2)C1. The van der Waals surface area contributed by atoms with Crippen LogP contribution in [0.25, 0.3) is 0 Å². The summed E-state index contributed by atoms with van der Waals surface area (Å²) in [6, 6.07) is 8.10. The maximum Gasteiger partial charge on any atom is 0.214 e. The third-order valence-corrected chi connectivity index (χ3v) is 6.38. The van der Waals surface area contributed by atoms with Crippen LogP contribution in [-0.4, -0.2) is 34.8 Å². The monoisotopic (exact) mass is 333 g/mol. The average Bonchev–Trinajstić information content (AvgIpc) is 2.91. The van der Waals surface area contributed by atoms with Gasteiger partial charge in [0.2, 0.25) is 10.0 Å². The predicted octanol–water partition coefficient (Wildman–Crippen LogP) is 2.35. The van der Waals surface area contributed by atoms with E-state index in [1.54, 1.807) is 8.99 Å². The van der Waals surface area contributed by atoms with Crippen LogP contribution in [0.5, 0.6) is 0 Å². The van der Waals surface area contributed by atoms with E-state index < -0.39 is 10.0 Å². The number of fused-ring (bicyclic) bond motifs is 1. The molecule has 0 aliphatic carbocycles. The zero-order valence-electron chi connectivity index (χ0n) is 13.8. The molecule has 1 unspecified atom stereocenters. The van der Waals surface area contributed by atoms with E-state index in [1.807, 2.05) is 51.5 Å². The topological polar surface area (TPSA) is 55.2 Å². The van der Waals surface area contributed by atoms with Crippen molar-refractivity contribution < 1.29 is 8.42 Å². The van der Waals surface area contributed by atoms with Crippen LogP contribution in [-0.2, 0) is 23.6 Å². The molecule has 1 aromatic heterocycles. The fraction of sp³-hybridized carbons (Fsp3) is 0.471. The van der Waals surface area contributed by atoms with Gasteiger partial charge in [-0.15, -0.1) is 0 Å². The number of rotatable bonds is 4. The lowest BCUT2D eigenvalue weighted by molar-refractivity contribution is 0.369. The quantitative estimate of drug-likeness (QED) is 0.863. The van der Waals surface area contributed by atoms with Gasteiger partial charge in [-0.05, 0) is 22.6 Å². The molecule has 2 heterocycles. The third kappa shape index (κ3) is 3.33. The Labute approximate surface area is 138 Å². The second kappa shape index (κ2) is 6.09. The zero-order valence-corrected chi connectivity index (χ0v) is 14.6. The number of sulfonamides is 1. The molecule has 2 aromatic rings. The molecule has 1 aromatic carbocycles. The molecule has 0 radical (unpaired) electrons. The summed E-state index contributed by atoms with van der Waals surface area (Å²) in [6.45, 7) is 4.82. The van der Waals surface area contributed by atoms with Gasteiger partial charge < -0.3 is 0 Å². The van der Waals surface area contributed by atoms with Gasteiger partial charge in [-0.25, -0.2) is 8.42 Å². The van der Waals surface area contributed by atoms with Gasteiger partial charge in [0.15, 0.2) is 0 Å². The third-order valence-electron chi connectivity index (χ3n) is 4.23. The van der Waals surface area contributed by atoms with E-state index in [9.17, 15) is 8.42 Å². The number of hydrogen-bond donors (Lipinski definition) is 0. The van der Waals surface area contributed by atoms with Gasteiger partial charge in [0, 0.05) is 32.3 Å². The molecule has 6 heteroatoms. The maximum absolute atomic E-state index is 12.7. The van der Waals surface area contributed by atoms with E-state index in [-0.39, 0.29) is 17.6 Å². The van der Waals surface area contributed by atoms with Gasteiger partial charge in [0.05, 0.1) is 11.9 Å². The molecule has 124 valence electrons. The first kappa shape index (κ1) is 16.2. The van der Waals surface area contributed by atoms with E-state index >= 15 is 0 Å². The highest BCUT2D eigenvalue weighted by Crippen LogP contribution is 2.34. The Morgan fingerprint density at radius 3 is 2.70 bits per heavy atom. The summed E-state index contributed by atoms with van der Waals surface area (Å²) < 4.78 is 28.8. The smallest absolute Gasteiger partial charge is 0.214 e. The molecule has 0 saturated carbocycles. The molecule has 1 atom stereocenters. The molecule has 23 heavy (non-hydrogen) atoms. The molecule has 0 spiro atoms. The van der Waals surface area contributed by atoms with E-state index in [4.69, 9.17) is 0 Å². The van der Waals surface area contributed by atoms with Gasteiger partial charge >= 0.3 is 0 Å². The Morgan fingerprint density at radius 1 is 1.30 bits per heavy atom. The van der Waals surface area contributed by atoms with Gasteiger partial charge in [0.25, 0.3) is 0 Å². The van der Waals surface area contributed by atoms with Crippen LogP contribution in [0.3, 0.4) is 0 Å².